The quantitative estimate of drug-likeness (QED) is 0.697. The van der Waals surface area contributed by atoms with Crippen molar-refractivity contribution in [3.05, 3.63) is 64.4 Å². The lowest BCUT2D eigenvalue weighted by atomic mass is 9.99. The first-order chi connectivity index (χ1) is 13.9. The second-order valence-electron chi connectivity index (χ2n) is 6.86. The highest BCUT2D eigenvalue weighted by Crippen LogP contribution is 2.30. The predicted octanol–water partition coefficient (Wildman–Crippen LogP) is 4.09. The van der Waals surface area contributed by atoms with E-state index in [2.05, 4.69) is 27.2 Å². The summed E-state index contributed by atoms with van der Waals surface area (Å²) in [7, 11) is 1.77. The van der Waals surface area contributed by atoms with Gasteiger partial charge in [0.15, 0.2) is 10.8 Å². The summed E-state index contributed by atoms with van der Waals surface area (Å²) in [6, 6.07) is 4.70. The number of rotatable bonds is 4. The Kier molecular flexibility index (Phi) is 5.14. The van der Waals surface area contributed by atoms with E-state index in [-0.39, 0.29) is 11.4 Å². The summed E-state index contributed by atoms with van der Waals surface area (Å²) in [5.74, 6) is -2.09. The molecule has 2 aromatic heterocycles. The molecular weight excluding hydrogens is 396 g/mol. The Hall–Kier alpha value is -3.07. The minimum Gasteiger partial charge on any atom is -0.343 e. The van der Waals surface area contributed by atoms with Gasteiger partial charge in [-0.3, -0.25) is 9.48 Å². The molecule has 9 heteroatoms. The van der Waals surface area contributed by atoms with Crippen LogP contribution in [0.1, 0.15) is 29.5 Å². The molecule has 6 nitrogen and oxygen atoms in total. The van der Waals surface area contributed by atoms with E-state index >= 15 is 0 Å². The number of hydrogen-bond acceptors (Lipinski definition) is 5. The van der Waals surface area contributed by atoms with Gasteiger partial charge in [0, 0.05) is 37.8 Å². The van der Waals surface area contributed by atoms with Gasteiger partial charge in [0.1, 0.15) is 11.6 Å². The Morgan fingerprint density at radius 3 is 2.83 bits per heavy atom. The van der Waals surface area contributed by atoms with Crippen molar-refractivity contribution in [2.45, 2.75) is 13.3 Å². The third kappa shape index (κ3) is 3.91. The van der Waals surface area contributed by atoms with Crippen LogP contribution in [0, 0.1) is 11.6 Å². The van der Waals surface area contributed by atoms with Gasteiger partial charge >= 0.3 is 0 Å². The molecule has 1 aromatic carbocycles. The van der Waals surface area contributed by atoms with Gasteiger partial charge < -0.3 is 10.2 Å². The summed E-state index contributed by atoms with van der Waals surface area (Å²) in [4.78, 5) is 19.1. The molecule has 0 saturated heterocycles. The summed E-state index contributed by atoms with van der Waals surface area (Å²) in [6.07, 6.45) is 2.67. The predicted molar refractivity (Wildman–Crippen MR) is 109 cm³/mol. The van der Waals surface area contributed by atoms with Crippen LogP contribution in [0.25, 0.3) is 5.57 Å². The molecule has 1 amide bonds. The third-order valence-corrected chi connectivity index (χ3v) is 5.74. The first kappa shape index (κ1) is 19.3. The van der Waals surface area contributed by atoms with Crippen LogP contribution in [-0.2, 0) is 7.05 Å². The number of hydrogen-bond donors (Lipinski definition) is 1. The molecule has 0 aliphatic carbocycles. The van der Waals surface area contributed by atoms with Crippen molar-refractivity contribution in [2.75, 3.05) is 23.3 Å². The Bertz CT molecular complexity index is 1090. The van der Waals surface area contributed by atoms with Crippen molar-refractivity contribution in [1.29, 1.82) is 0 Å². The molecule has 0 atom stereocenters. The van der Waals surface area contributed by atoms with Gasteiger partial charge in [0.25, 0.3) is 5.91 Å². The normalized spacial score (nSPS) is 14.4. The molecule has 3 aromatic rings. The number of nitrogens with zero attached hydrogens (tertiary/aromatic N) is 4. The van der Waals surface area contributed by atoms with Gasteiger partial charge in [0.05, 0.1) is 11.4 Å². The highest BCUT2D eigenvalue weighted by atomic mass is 32.1. The number of thiazole rings is 1. The molecule has 0 fully saturated rings. The molecule has 0 saturated carbocycles. The summed E-state index contributed by atoms with van der Waals surface area (Å²) in [5, 5.41) is 9.65. The second-order valence-corrected chi connectivity index (χ2v) is 7.73. The number of carbonyl (C=O) groups excluding carboxylic acids is 1. The average Bonchev–Trinajstić information content (AvgIpc) is 3.34. The number of aromatic nitrogens is 3. The van der Waals surface area contributed by atoms with Crippen LogP contribution in [0.5, 0.6) is 0 Å². The van der Waals surface area contributed by atoms with Crippen molar-refractivity contribution in [1.82, 2.24) is 14.8 Å². The van der Waals surface area contributed by atoms with Gasteiger partial charge in [-0.05, 0) is 37.1 Å². The zero-order valence-corrected chi connectivity index (χ0v) is 16.8. The molecule has 1 aliphatic rings. The third-order valence-electron chi connectivity index (χ3n) is 4.91. The number of amides is 1. The molecule has 0 unspecified atom stereocenters. The van der Waals surface area contributed by atoms with Gasteiger partial charge in [-0.25, -0.2) is 13.8 Å². The maximum atomic E-state index is 13.8. The minimum absolute atomic E-state index is 0.0911. The number of anilines is 2. The Morgan fingerprint density at radius 2 is 2.10 bits per heavy atom. The number of benzene rings is 1. The Morgan fingerprint density at radius 1 is 1.28 bits per heavy atom. The fourth-order valence-corrected chi connectivity index (χ4v) is 4.00. The van der Waals surface area contributed by atoms with Crippen LogP contribution in [0.3, 0.4) is 0 Å². The highest BCUT2D eigenvalue weighted by Gasteiger charge is 2.23. The summed E-state index contributed by atoms with van der Waals surface area (Å²) in [5.41, 5.74) is 3.23. The fraction of sp³-hybridized carbons (Fsp3) is 0.250. The van der Waals surface area contributed by atoms with Crippen molar-refractivity contribution in [3.8, 4) is 0 Å². The molecule has 4 rings (SSSR count). The first-order valence-electron chi connectivity index (χ1n) is 9.06. The van der Waals surface area contributed by atoms with Gasteiger partial charge in [-0.1, -0.05) is 5.57 Å². The molecule has 0 bridgehead atoms. The molecular formula is C20H19F2N5OS. The van der Waals surface area contributed by atoms with Crippen LogP contribution in [0.15, 0.2) is 41.4 Å². The van der Waals surface area contributed by atoms with Crippen molar-refractivity contribution >= 4 is 33.6 Å². The number of nitrogens with one attached hydrogen (secondary N) is 1. The first-order valence-corrected chi connectivity index (χ1v) is 9.94. The molecule has 3 heterocycles. The molecule has 0 radical (unpaired) electrons. The van der Waals surface area contributed by atoms with Crippen molar-refractivity contribution in [2.24, 2.45) is 7.05 Å². The van der Waals surface area contributed by atoms with E-state index < -0.39 is 17.5 Å². The second kappa shape index (κ2) is 7.75. The topological polar surface area (TPSA) is 63.1 Å². The average molecular weight is 415 g/mol. The summed E-state index contributed by atoms with van der Waals surface area (Å²) >= 11 is 1.59. The van der Waals surface area contributed by atoms with E-state index in [1.807, 2.05) is 5.38 Å². The Balaban J connectivity index is 1.57. The lowest BCUT2D eigenvalue weighted by Gasteiger charge is -2.29. The zero-order chi connectivity index (χ0) is 20.5. The molecule has 29 heavy (non-hydrogen) atoms. The summed E-state index contributed by atoms with van der Waals surface area (Å²) < 4.78 is 28.5. The smallest absolute Gasteiger partial charge is 0.276 e. The SMILES string of the molecule is CC1=C(c2cc(C(=O)Nc3ccc(F)cc3F)nn2C)CN(c2nccs2)CC1. The fourth-order valence-electron chi connectivity index (χ4n) is 3.33. The molecule has 150 valence electrons. The van der Waals surface area contributed by atoms with Crippen LogP contribution < -0.4 is 10.2 Å². The van der Waals surface area contributed by atoms with Gasteiger partial charge in [0.2, 0.25) is 0 Å². The number of carbonyl (C=O) groups is 1. The van der Waals surface area contributed by atoms with Crippen LogP contribution >= 0.6 is 11.3 Å². The number of aryl methyl sites for hydroxylation is 1. The zero-order valence-electron chi connectivity index (χ0n) is 15.9. The monoisotopic (exact) mass is 415 g/mol. The van der Waals surface area contributed by atoms with E-state index in [0.717, 1.165) is 41.5 Å². The van der Waals surface area contributed by atoms with Crippen LogP contribution in [0.2, 0.25) is 0 Å². The van der Waals surface area contributed by atoms with E-state index in [0.29, 0.717) is 6.54 Å². The maximum Gasteiger partial charge on any atom is 0.276 e. The summed E-state index contributed by atoms with van der Waals surface area (Å²) in [6.45, 7) is 3.64. The molecule has 1 N–H and O–H groups in total. The lowest BCUT2D eigenvalue weighted by molar-refractivity contribution is 0.102. The van der Waals surface area contributed by atoms with E-state index in [1.165, 1.54) is 11.6 Å². The largest absolute Gasteiger partial charge is 0.343 e. The van der Waals surface area contributed by atoms with E-state index in [4.69, 9.17) is 0 Å². The van der Waals surface area contributed by atoms with Crippen LogP contribution in [0.4, 0.5) is 19.6 Å². The van der Waals surface area contributed by atoms with Gasteiger partial charge in [-0.15, -0.1) is 11.3 Å². The standard InChI is InChI=1S/C20H19F2N5OS/c1-12-5-7-27(20-23-6-8-29-20)11-14(12)18-10-17(25-26(18)2)19(28)24-16-4-3-13(21)9-15(16)22/h3-4,6,8-10H,5,7,11H2,1-2H3,(H,24,28). The van der Waals surface area contributed by atoms with Crippen molar-refractivity contribution < 1.29 is 13.6 Å². The Labute approximate surface area is 170 Å². The minimum atomic E-state index is -0.834. The maximum absolute atomic E-state index is 13.8. The lowest BCUT2D eigenvalue weighted by Crippen LogP contribution is -2.31. The molecule has 0 spiro atoms. The van der Waals surface area contributed by atoms with Gasteiger partial charge in [-0.2, -0.15) is 5.10 Å². The van der Waals surface area contributed by atoms with E-state index in [1.54, 1.807) is 35.3 Å². The van der Waals surface area contributed by atoms with Crippen LogP contribution in [-0.4, -0.2) is 33.8 Å². The van der Waals surface area contributed by atoms with Crippen molar-refractivity contribution in [3.63, 3.8) is 0 Å². The number of halogens is 2. The molecule has 1 aliphatic heterocycles. The highest BCUT2D eigenvalue weighted by molar-refractivity contribution is 7.13. The van der Waals surface area contributed by atoms with E-state index in [9.17, 15) is 13.6 Å².